The molecule has 110 valence electrons. The van der Waals surface area contributed by atoms with Gasteiger partial charge in [-0.3, -0.25) is 9.69 Å². The lowest BCUT2D eigenvalue weighted by Crippen LogP contribution is -2.58. The number of benzene rings is 1. The quantitative estimate of drug-likeness (QED) is 0.743. The molecule has 0 radical (unpaired) electrons. The molecule has 1 aromatic rings. The van der Waals surface area contributed by atoms with Gasteiger partial charge in [0.2, 0.25) is 5.91 Å². The molecule has 6 heteroatoms. The van der Waals surface area contributed by atoms with Crippen molar-refractivity contribution in [1.29, 1.82) is 0 Å². The van der Waals surface area contributed by atoms with Crippen LogP contribution in [0, 0.1) is 0 Å². The predicted octanol–water partition coefficient (Wildman–Crippen LogP) is 1.67. The standard InChI is InChI=1S/C14H20ClN3O2/c1-14(2,18-7-5-16-6-8-18)13(20)17-10-3-4-12(19)11(15)9-10/h3-4,9,16,19H,5-8H2,1-2H3,(H,17,20). The molecule has 1 fully saturated rings. The Balaban J connectivity index is 2.07. The molecule has 0 spiro atoms. The first-order valence-corrected chi connectivity index (χ1v) is 7.05. The minimum absolute atomic E-state index is 0.00558. The molecule has 5 nitrogen and oxygen atoms in total. The molecule has 0 aromatic heterocycles. The van der Waals surface area contributed by atoms with Gasteiger partial charge < -0.3 is 15.7 Å². The van der Waals surface area contributed by atoms with Crippen molar-refractivity contribution in [2.75, 3.05) is 31.5 Å². The molecule has 1 saturated heterocycles. The van der Waals surface area contributed by atoms with E-state index in [1.807, 2.05) is 13.8 Å². The number of carbonyl (C=O) groups is 1. The van der Waals surface area contributed by atoms with E-state index in [9.17, 15) is 9.90 Å². The number of carbonyl (C=O) groups excluding carboxylic acids is 1. The second-order valence-electron chi connectivity index (χ2n) is 5.42. The smallest absolute Gasteiger partial charge is 0.244 e. The lowest BCUT2D eigenvalue weighted by Gasteiger charge is -2.39. The summed E-state index contributed by atoms with van der Waals surface area (Å²) in [4.78, 5) is 14.6. The number of phenolic OH excluding ortho intramolecular Hbond substituents is 1. The molecule has 20 heavy (non-hydrogen) atoms. The van der Waals surface area contributed by atoms with Crippen LogP contribution in [0.15, 0.2) is 18.2 Å². The maximum Gasteiger partial charge on any atom is 0.244 e. The Bertz CT molecular complexity index is 499. The third kappa shape index (κ3) is 3.23. The summed E-state index contributed by atoms with van der Waals surface area (Å²) in [6, 6.07) is 4.64. The van der Waals surface area contributed by atoms with Crippen LogP contribution in [-0.2, 0) is 4.79 Å². The molecule has 0 bridgehead atoms. The first kappa shape index (κ1) is 15.1. The van der Waals surface area contributed by atoms with Gasteiger partial charge in [0, 0.05) is 31.9 Å². The molecule has 0 atom stereocenters. The summed E-state index contributed by atoms with van der Waals surface area (Å²) in [6.45, 7) is 7.29. The molecule has 1 heterocycles. The first-order valence-electron chi connectivity index (χ1n) is 6.67. The van der Waals surface area contributed by atoms with Crippen molar-refractivity contribution in [2.24, 2.45) is 0 Å². The van der Waals surface area contributed by atoms with Crippen LogP contribution in [-0.4, -0.2) is 47.6 Å². The molecule has 1 aliphatic rings. The average Bonchev–Trinajstić information content (AvgIpc) is 2.44. The van der Waals surface area contributed by atoms with Crippen molar-refractivity contribution in [3.05, 3.63) is 23.2 Å². The van der Waals surface area contributed by atoms with Gasteiger partial charge in [0.15, 0.2) is 0 Å². The summed E-state index contributed by atoms with van der Waals surface area (Å²) in [5.41, 5.74) is -0.00654. The summed E-state index contributed by atoms with van der Waals surface area (Å²) in [6.07, 6.45) is 0. The van der Waals surface area contributed by atoms with E-state index in [-0.39, 0.29) is 16.7 Å². The van der Waals surface area contributed by atoms with Gasteiger partial charge in [-0.1, -0.05) is 11.6 Å². The Kier molecular flexibility index (Phi) is 4.52. The van der Waals surface area contributed by atoms with Gasteiger partial charge in [0.1, 0.15) is 5.75 Å². The zero-order valence-electron chi connectivity index (χ0n) is 11.7. The predicted molar refractivity (Wildman–Crippen MR) is 80.3 cm³/mol. The van der Waals surface area contributed by atoms with Crippen LogP contribution >= 0.6 is 11.6 Å². The minimum Gasteiger partial charge on any atom is -0.506 e. The fourth-order valence-electron chi connectivity index (χ4n) is 2.24. The number of phenols is 1. The van der Waals surface area contributed by atoms with E-state index in [1.165, 1.54) is 6.07 Å². The molecule has 0 unspecified atom stereocenters. The largest absolute Gasteiger partial charge is 0.506 e. The molecule has 3 N–H and O–H groups in total. The Labute approximate surface area is 123 Å². The highest BCUT2D eigenvalue weighted by Gasteiger charge is 2.35. The Morgan fingerprint density at radius 2 is 2.05 bits per heavy atom. The van der Waals surface area contributed by atoms with Crippen molar-refractivity contribution in [3.63, 3.8) is 0 Å². The summed E-state index contributed by atoms with van der Waals surface area (Å²) < 4.78 is 0. The van der Waals surface area contributed by atoms with E-state index < -0.39 is 5.54 Å². The number of nitrogens with zero attached hydrogens (tertiary/aromatic N) is 1. The number of amides is 1. The van der Waals surface area contributed by atoms with Crippen LogP contribution in [0.4, 0.5) is 5.69 Å². The number of halogens is 1. The van der Waals surface area contributed by atoms with E-state index in [0.29, 0.717) is 5.69 Å². The Morgan fingerprint density at radius 3 is 2.65 bits per heavy atom. The number of rotatable bonds is 3. The van der Waals surface area contributed by atoms with Crippen LogP contribution in [0.25, 0.3) is 0 Å². The summed E-state index contributed by atoms with van der Waals surface area (Å²) in [5.74, 6) is -0.0767. The van der Waals surface area contributed by atoms with Gasteiger partial charge in [0.25, 0.3) is 0 Å². The minimum atomic E-state index is -0.591. The van der Waals surface area contributed by atoms with Gasteiger partial charge in [0.05, 0.1) is 10.6 Å². The van der Waals surface area contributed by atoms with Crippen LogP contribution in [0.5, 0.6) is 5.75 Å². The van der Waals surface area contributed by atoms with Crippen molar-refractivity contribution < 1.29 is 9.90 Å². The number of piperazine rings is 1. The molecule has 1 aliphatic heterocycles. The Morgan fingerprint density at radius 1 is 1.40 bits per heavy atom. The van der Waals surface area contributed by atoms with Crippen molar-refractivity contribution in [2.45, 2.75) is 19.4 Å². The number of hydrogen-bond donors (Lipinski definition) is 3. The van der Waals surface area contributed by atoms with Crippen LogP contribution in [0.3, 0.4) is 0 Å². The molecular weight excluding hydrogens is 278 g/mol. The fraction of sp³-hybridized carbons (Fsp3) is 0.500. The number of anilines is 1. The highest BCUT2D eigenvalue weighted by atomic mass is 35.5. The fourth-order valence-corrected chi connectivity index (χ4v) is 2.42. The molecule has 0 saturated carbocycles. The second-order valence-corrected chi connectivity index (χ2v) is 5.82. The summed E-state index contributed by atoms with van der Waals surface area (Å²) in [5, 5.41) is 15.7. The number of nitrogens with one attached hydrogen (secondary N) is 2. The first-order chi connectivity index (χ1) is 9.41. The van der Waals surface area contributed by atoms with Crippen molar-refractivity contribution in [1.82, 2.24) is 10.2 Å². The maximum atomic E-state index is 12.5. The van der Waals surface area contributed by atoms with E-state index in [2.05, 4.69) is 15.5 Å². The van der Waals surface area contributed by atoms with E-state index in [1.54, 1.807) is 12.1 Å². The molecule has 1 amide bonds. The number of aromatic hydroxyl groups is 1. The highest BCUT2D eigenvalue weighted by Crippen LogP contribution is 2.27. The van der Waals surface area contributed by atoms with Gasteiger partial charge in [-0.15, -0.1) is 0 Å². The molecule has 1 aromatic carbocycles. The third-order valence-electron chi connectivity index (χ3n) is 3.67. The van der Waals surface area contributed by atoms with Crippen LogP contribution in [0.1, 0.15) is 13.8 Å². The molecule has 2 rings (SSSR count). The zero-order chi connectivity index (χ0) is 14.8. The highest BCUT2D eigenvalue weighted by molar-refractivity contribution is 6.32. The lowest BCUT2D eigenvalue weighted by atomic mass is 10.0. The van der Waals surface area contributed by atoms with Gasteiger partial charge in [-0.05, 0) is 32.0 Å². The molecular formula is C14H20ClN3O2. The monoisotopic (exact) mass is 297 g/mol. The van der Waals surface area contributed by atoms with Crippen LogP contribution < -0.4 is 10.6 Å². The van der Waals surface area contributed by atoms with Gasteiger partial charge >= 0.3 is 0 Å². The summed E-state index contributed by atoms with van der Waals surface area (Å²) >= 11 is 5.84. The number of hydrogen-bond acceptors (Lipinski definition) is 4. The molecule has 0 aliphatic carbocycles. The summed E-state index contributed by atoms with van der Waals surface area (Å²) in [7, 11) is 0. The Hall–Kier alpha value is -1.30. The average molecular weight is 298 g/mol. The zero-order valence-corrected chi connectivity index (χ0v) is 12.5. The topological polar surface area (TPSA) is 64.6 Å². The second kappa shape index (κ2) is 5.99. The van der Waals surface area contributed by atoms with Gasteiger partial charge in [-0.25, -0.2) is 0 Å². The van der Waals surface area contributed by atoms with Crippen LogP contribution in [0.2, 0.25) is 5.02 Å². The van der Waals surface area contributed by atoms with Gasteiger partial charge in [-0.2, -0.15) is 0 Å². The van der Waals surface area contributed by atoms with E-state index in [0.717, 1.165) is 26.2 Å². The van der Waals surface area contributed by atoms with Crippen molar-refractivity contribution >= 4 is 23.2 Å². The normalized spacial score (nSPS) is 16.9. The van der Waals surface area contributed by atoms with E-state index >= 15 is 0 Å². The lowest BCUT2D eigenvalue weighted by molar-refractivity contribution is -0.126. The SMILES string of the molecule is CC(C)(C(=O)Nc1ccc(O)c(Cl)c1)N1CCNCC1. The van der Waals surface area contributed by atoms with E-state index in [4.69, 9.17) is 11.6 Å². The maximum absolute atomic E-state index is 12.5. The van der Waals surface area contributed by atoms with Crippen molar-refractivity contribution in [3.8, 4) is 5.75 Å². The third-order valence-corrected chi connectivity index (χ3v) is 3.97.